The highest BCUT2D eigenvalue weighted by Gasteiger charge is 2.25. The molecule has 25 heavy (non-hydrogen) atoms. The summed E-state index contributed by atoms with van der Waals surface area (Å²) in [6.45, 7) is 2.56. The van der Waals surface area contributed by atoms with Crippen molar-refractivity contribution in [2.75, 3.05) is 46.8 Å². The number of amides is 1. The minimum atomic E-state index is -0.231. The zero-order valence-corrected chi connectivity index (χ0v) is 15.8. The minimum Gasteiger partial charge on any atom is -0.494 e. The van der Waals surface area contributed by atoms with Crippen LogP contribution in [0.4, 0.5) is 5.69 Å². The second-order valence-electron chi connectivity index (χ2n) is 5.27. The lowest BCUT2D eigenvalue weighted by Gasteiger charge is -2.19. The molecule has 9 heteroatoms. The first-order valence-electron chi connectivity index (χ1n) is 7.19. The van der Waals surface area contributed by atoms with E-state index < -0.39 is 0 Å². The first-order valence-corrected chi connectivity index (χ1v) is 7.19. The maximum atomic E-state index is 11.6. The molecule has 1 heterocycles. The third-order valence-corrected chi connectivity index (χ3v) is 3.27. The number of nitrogens with zero attached hydrogens (tertiary/aromatic N) is 1. The topological polar surface area (TPSA) is 105 Å². The van der Waals surface area contributed by atoms with Crippen molar-refractivity contribution in [3.05, 3.63) is 12.3 Å². The number of furan rings is 1. The number of hydrogen-bond acceptors (Lipinski definition) is 6. The van der Waals surface area contributed by atoms with Gasteiger partial charge in [-0.2, -0.15) is 0 Å². The van der Waals surface area contributed by atoms with Crippen molar-refractivity contribution in [2.24, 2.45) is 0 Å². The molecule has 0 radical (unpaired) electrons. The van der Waals surface area contributed by atoms with Crippen LogP contribution < -0.4 is 19.5 Å². The molecular weight excluding hydrogens is 352 g/mol. The van der Waals surface area contributed by atoms with Crippen LogP contribution in [0.3, 0.4) is 0 Å². The summed E-state index contributed by atoms with van der Waals surface area (Å²) in [6, 6.07) is 1.76. The number of carbonyl (C=O) groups excluding carboxylic acids is 1. The number of fused-ring (bicyclic) bond motifs is 1. The summed E-state index contributed by atoms with van der Waals surface area (Å²) in [4.78, 5) is 13.6. The van der Waals surface area contributed by atoms with Crippen LogP contribution in [0.15, 0.2) is 16.7 Å². The molecule has 0 bridgehead atoms. The second-order valence-corrected chi connectivity index (χ2v) is 5.27. The molecule has 0 spiro atoms. The Balaban J connectivity index is 0.00000288. The van der Waals surface area contributed by atoms with E-state index in [1.54, 1.807) is 6.07 Å². The van der Waals surface area contributed by atoms with Crippen molar-refractivity contribution >= 4 is 35.0 Å². The van der Waals surface area contributed by atoms with E-state index in [1.807, 2.05) is 19.0 Å². The Morgan fingerprint density at radius 1 is 1.20 bits per heavy atom. The Bertz CT molecular complexity index is 701. The van der Waals surface area contributed by atoms with E-state index in [0.29, 0.717) is 47.1 Å². The highest BCUT2D eigenvalue weighted by atomic mass is 35.5. The van der Waals surface area contributed by atoms with Crippen LogP contribution in [-0.4, -0.2) is 57.7 Å². The fourth-order valence-corrected chi connectivity index (χ4v) is 2.27. The van der Waals surface area contributed by atoms with Gasteiger partial charge >= 0.3 is 0 Å². The number of rotatable bonds is 7. The number of ether oxygens (including phenoxy) is 3. The zero-order chi connectivity index (χ0) is 17.0. The largest absolute Gasteiger partial charge is 0.494 e. The molecule has 0 unspecified atom stereocenters. The standard InChI is InChI=1S/C16H22N2O5.ClH.H2O/c1-10(19)17-12-13(20-4)11-6-8-22-14(11)16(21-5)15(12)23-9-7-18(2)3;;/h6,8H,7,9H2,1-5H3,(H,17,19);1H;1H2. The maximum Gasteiger partial charge on any atom is 0.221 e. The number of anilines is 1. The number of benzene rings is 1. The van der Waals surface area contributed by atoms with E-state index in [9.17, 15) is 4.79 Å². The Labute approximate surface area is 152 Å². The SMILES string of the molecule is COc1c(NC(C)=O)c(OCCN(C)C)c(OC)c2occc12.Cl.O. The van der Waals surface area contributed by atoms with Crippen molar-refractivity contribution in [3.63, 3.8) is 0 Å². The summed E-state index contributed by atoms with van der Waals surface area (Å²) in [5, 5.41) is 3.47. The number of hydrogen-bond donors (Lipinski definition) is 1. The number of halogens is 1. The van der Waals surface area contributed by atoms with E-state index >= 15 is 0 Å². The molecule has 0 aliphatic rings. The van der Waals surface area contributed by atoms with Crippen LogP contribution in [-0.2, 0) is 4.79 Å². The molecule has 2 rings (SSSR count). The molecule has 1 aromatic heterocycles. The van der Waals surface area contributed by atoms with Crippen molar-refractivity contribution in [2.45, 2.75) is 6.92 Å². The summed E-state index contributed by atoms with van der Waals surface area (Å²) >= 11 is 0. The van der Waals surface area contributed by atoms with Crippen LogP contribution >= 0.6 is 12.4 Å². The van der Waals surface area contributed by atoms with E-state index in [4.69, 9.17) is 18.6 Å². The fraction of sp³-hybridized carbons (Fsp3) is 0.438. The first-order chi connectivity index (χ1) is 11.0. The summed E-state index contributed by atoms with van der Waals surface area (Å²) in [5.74, 6) is 1.06. The average molecular weight is 377 g/mol. The van der Waals surface area contributed by atoms with Gasteiger partial charge in [0.25, 0.3) is 0 Å². The van der Waals surface area contributed by atoms with Gasteiger partial charge in [-0.25, -0.2) is 0 Å². The number of methoxy groups -OCH3 is 2. The van der Waals surface area contributed by atoms with Gasteiger partial charge in [0.05, 0.1) is 25.9 Å². The highest BCUT2D eigenvalue weighted by molar-refractivity contribution is 6.03. The Morgan fingerprint density at radius 2 is 1.84 bits per heavy atom. The smallest absolute Gasteiger partial charge is 0.221 e. The predicted octanol–water partition coefficient (Wildman–Crippen LogP) is 1.95. The van der Waals surface area contributed by atoms with Crippen molar-refractivity contribution in [3.8, 4) is 17.2 Å². The molecule has 0 fully saturated rings. The van der Waals surface area contributed by atoms with Gasteiger partial charge in [-0.05, 0) is 20.2 Å². The van der Waals surface area contributed by atoms with Gasteiger partial charge < -0.3 is 34.3 Å². The van der Waals surface area contributed by atoms with Crippen LogP contribution in [0.1, 0.15) is 6.92 Å². The molecule has 0 saturated carbocycles. The van der Waals surface area contributed by atoms with Gasteiger partial charge in [-0.1, -0.05) is 0 Å². The molecule has 3 N–H and O–H groups in total. The van der Waals surface area contributed by atoms with Crippen LogP contribution in [0.25, 0.3) is 11.0 Å². The van der Waals surface area contributed by atoms with E-state index in [2.05, 4.69) is 5.32 Å². The molecule has 8 nitrogen and oxygen atoms in total. The summed E-state index contributed by atoms with van der Waals surface area (Å²) < 4.78 is 22.3. The Morgan fingerprint density at radius 3 is 2.36 bits per heavy atom. The predicted molar refractivity (Wildman–Crippen MR) is 98.5 cm³/mol. The first kappa shape index (κ1) is 22.8. The summed E-state index contributed by atoms with van der Waals surface area (Å²) in [5.41, 5.74) is 0.947. The second kappa shape index (κ2) is 9.97. The lowest BCUT2D eigenvalue weighted by Crippen LogP contribution is -2.20. The monoisotopic (exact) mass is 376 g/mol. The summed E-state index contributed by atoms with van der Waals surface area (Å²) in [7, 11) is 6.96. The third-order valence-electron chi connectivity index (χ3n) is 3.27. The van der Waals surface area contributed by atoms with Crippen LogP contribution in [0.5, 0.6) is 17.2 Å². The van der Waals surface area contributed by atoms with Crippen LogP contribution in [0, 0.1) is 0 Å². The molecule has 1 amide bonds. The number of likely N-dealkylation sites (N-methyl/N-ethyl adjacent to an activating group) is 1. The molecule has 0 aliphatic heterocycles. The van der Waals surface area contributed by atoms with E-state index in [-0.39, 0.29) is 23.8 Å². The van der Waals surface area contributed by atoms with E-state index in [0.717, 1.165) is 0 Å². The molecule has 0 aliphatic carbocycles. The zero-order valence-electron chi connectivity index (χ0n) is 15.0. The number of nitrogens with one attached hydrogen (secondary N) is 1. The lowest BCUT2D eigenvalue weighted by molar-refractivity contribution is -0.114. The quantitative estimate of drug-likeness (QED) is 0.791. The Hall–Kier alpha value is -2.16. The van der Waals surface area contributed by atoms with Gasteiger partial charge in [0.2, 0.25) is 11.7 Å². The van der Waals surface area contributed by atoms with Gasteiger partial charge in [-0.3, -0.25) is 4.79 Å². The van der Waals surface area contributed by atoms with Crippen molar-refractivity contribution < 1.29 is 28.9 Å². The van der Waals surface area contributed by atoms with Gasteiger partial charge in [0.1, 0.15) is 12.3 Å². The fourth-order valence-electron chi connectivity index (χ4n) is 2.27. The molecule has 0 atom stereocenters. The van der Waals surface area contributed by atoms with Gasteiger partial charge in [-0.15, -0.1) is 12.4 Å². The van der Waals surface area contributed by atoms with Crippen molar-refractivity contribution in [1.29, 1.82) is 0 Å². The van der Waals surface area contributed by atoms with E-state index in [1.165, 1.54) is 27.4 Å². The Kier molecular flexibility index (Phi) is 9.11. The molecule has 1 aromatic carbocycles. The normalized spacial score (nSPS) is 10.0. The molecule has 2 aromatic rings. The lowest BCUT2D eigenvalue weighted by atomic mass is 10.1. The van der Waals surface area contributed by atoms with Crippen molar-refractivity contribution in [1.82, 2.24) is 4.90 Å². The summed E-state index contributed by atoms with van der Waals surface area (Å²) in [6.07, 6.45) is 1.54. The maximum absolute atomic E-state index is 11.6. The van der Waals surface area contributed by atoms with Gasteiger partial charge in [0.15, 0.2) is 17.1 Å². The average Bonchev–Trinajstić information content (AvgIpc) is 2.95. The number of carbonyl (C=O) groups is 1. The molecule has 142 valence electrons. The molecule has 0 saturated heterocycles. The minimum absolute atomic E-state index is 0. The van der Waals surface area contributed by atoms with Crippen LogP contribution in [0.2, 0.25) is 0 Å². The van der Waals surface area contributed by atoms with Gasteiger partial charge in [0, 0.05) is 13.5 Å². The molecular formula is C16H25ClN2O6. The highest BCUT2D eigenvalue weighted by Crippen LogP contribution is 2.49. The third kappa shape index (κ3) is 4.91.